The molecule has 8 heavy (non-hydrogen) atoms. The summed E-state index contributed by atoms with van der Waals surface area (Å²) < 4.78 is 0. The van der Waals surface area contributed by atoms with Crippen molar-refractivity contribution in [1.29, 1.82) is 0 Å². The van der Waals surface area contributed by atoms with Gasteiger partial charge < -0.3 is 0 Å². The molecule has 0 bridgehead atoms. The van der Waals surface area contributed by atoms with Crippen molar-refractivity contribution in [3.05, 3.63) is 36.4 Å². The van der Waals surface area contributed by atoms with Gasteiger partial charge in [0.2, 0.25) is 0 Å². The molecule has 1 aromatic carbocycles. The fourth-order valence-electron chi connectivity index (χ4n) is 0.342. The molecular weight excluding hydrogens is 220 g/mol. The van der Waals surface area contributed by atoms with Gasteiger partial charge in [-0.3, -0.25) is 0 Å². The van der Waals surface area contributed by atoms with E-state index >= 15 is 0 Å². The number of halogens is 1. The Kier molecular flexibility index (Phi) is 10.5. The quantitative estimate of drug-likeness (QED) is 0.468. The second-order valence-corrected chi connectivity index (χ2v) is 1.08. The van der Waals surface area contributed by atoms with Crippen molar-refractivity contribution in [1.82, 2.24) is 0 Å². The molecule has 0 fully saturated rings. The number of rotatable bonds is 0. The molecule has 0 aliphatic heterocycles. The second kappa shape index (κ2) is 7.43. The summed E-state index contributed by atoms with van der Waals surface area (Å²) >= 11 is 0. The van der Waals surface area contributed by atoms with Crippen molar-refractivity contribution in [3.63, 3.8) is 0 Å². The van der Waals surface area contributed by atoms with Crippen LogP contribution in [0, 0.1) is 6.07 Å². The van der Waals surface area contributed by atoms with Crippen molar-refractivity contribution in [3.8, 4) is 0 Å². The molecule has 0 aliphatic carbocycles. The van der Waals surface area contributed by atoms with Crippen molar-refractivity contribution in [2.45, 2.75) is 0 Å². The third kappa shape index (κ3) is 4.59. The largest absolute Gasteiger partial charge is 0.184 e. The molecule has 0 aliphatic rings. The fraction of sp³-hybridized carbons (Fsp3) is 0. The topological polar surface area (TPSA) is 0 Å². The maximum Gasteiger partial charge on any atom is 0 e. The zero-order valence-corrected chi connectivity index (χ0v) is 9.35. The summed E-state index contributed by atoms with van der Waals surface area (Å²) in [5.41, 5.74) is 0. The normalized spacial score (nSPS) is 6.00. The fourth-order valence-corrected chi connectivity index (χ4v) is 0.342. The molecule has 1 aromatic rings. The van der Waals surface area contributed by atoms with E-state index in [1.165, 1.54) is 0 Å². The van der Waals surface area contributed by atoms with Gasteiger partial charge >= 0.3 is 0 Å². The van der Waals surface area contributed by atoms with E-state index < -0.39 is 0 Å². The minimum atomic E-state index is 0. The molecule has 40 valence electrons. The van der Waals surface area contributed by atoms with Gasteiger partial charge in [0.05, 0.1) is 0 Å². The molecular formula is C6H6CdCl-. The molecule has 0 atom stereocenters. The van der Waals surface area contributed by atoms with Crippen LogP contribution < -0.4 is 0 Å². The summed E-state index contributed by atoms with van der Waals surface area (Å²) in [4.78, 5) is 0. The predicted octanol–water partition coefficient (Wildman–Crippen LogP) is 1.91. The second-order valence-electron chi connectivity index (χ2n) is 1.08. The average molecular weight is 226 g/mol. The Morgan fingerprint density at radius 3 is 1.50 bits per heavy atom. The molecule has 2 heteroatoms. The van der Waals surface area contributed by atoms with Gasteiger partial charge in [-0.2, -0.15) is 36.4 Å². The predicted molar refractivity (Wildman–Crippen MR) is 32.5 cm³/mol. The standard InChI is InChI=1S/C6H5.Cd.ClH/c1-2-4-6-5-3-1;;/h1-5H;;1H/q-1;;. The van der Waals surface area contributed by atoms with Crippen molar-refractivity contribution >= 4 is 12.4 Å². The molecule has 0 nitrogen and oxygen atoms in total. The number of hydrogen-bond donors (Lipinski definition) is 0. The molecule has 0 radical (unpaired) electrons. The summed E-state index contributed by atoms with van der Waals surface area (Å²) in [6, 6.07) is 12.5. The zero-order valence-electron chi connectivity index (χ0n) is 4.50. The number of hydrogen-bond acceptors (Lipinski definition) is 0. The molecule has 0 spiro atoms. The van der Waals surface area contributed by atoms with Gasteiger partial charge in [-0.05, 0) is 0 Å². The van der Waals surface area contributed by atoms with Gasteiger partial charge in [0, 0.05) is 27.3 Å². The van der Waals surface area contributed by atoms with Crippen LogP contribution in [0.25, 0.3) is 0 Å². The van der Waals surface area contributed by atoms with Crippen LogP contribution in [0.3, 0.4) is 0 Å². The van der Waals surface area contributed by atoms with Crippen molar-refractivity contribution in [2.24, 2.45) is 0 Å². The first-order valence-electron chi connectivity index (χ1n) is 1.91. The monoisotopic (exact) mass is 227 g/mol. The van der Waals surface area contributed by atoms with Gasteiger partial charge in [-0.25, -0.2) is 0 Å². The molecule has 1 rings (SSSR count). The molecule has 0 heterocycles. The first-order valence-corrected chi connectivity index (χ1v) is 1.91. The summed E-state index contributed by atoms with van der Waals surface area (Å²) in [5.74, 6) is 0. The summed E-state index contributed by atoms with van der Waals surface area (Å²) in [6.45, 7) is 0. The van der Waals surface area contributed by atoms with E-state index in [0.717, 1.165) is 0 Å². The summed E-state index contributed by atoms with van der Waals surface area (Å²) in [6.07, 6.45) is 0. The molecule has 0 aromatic heterocycles. The maximum absolute atomic E-state index is 2.89. The summed E-state index contributed by atoms with van der Waals surface area (Å²) in [5, 5.41) is 0. The van der Waals surface area contributed by atoms with E-state index in [1.807, 2.05) is 30.3 Å². The summed E-state index contributed by atoms with van der Waals surface area (Å²) in [7, 11) is 0. The number of benzene rings is 1. The van der Waals surface area contributed by atoms with Crippen LogP contribution in [-0.4, -0.2) is 0 Å². The minimum absolute atomic E-state index is 0. The van der Waals surface area contributed by atoms with Crippen molar-refractivity contribution in [2.75, 3.05) is 0 Å². The van der Waals surface area contributed by atoms with E-state index in [2.05, 4.69) is 6.07 Å². The Balaban J connectivity index is 0. The first-order chi connectivity index (χ1) is 3.00. The van der Waals surface area contributed by atoms with Gasteiger partial charge in [0.1, 0.15) is 0 Å². The third-order valence-corrected chi connectivity index (χ3v) is 0.607. The van der Waals surface area contributed by atoms with Crippen molar-refractivity contribution < 1.29 is 27.3 Å². The third-order valence-electron chi connectivity index (χ3n) is 0.607. The van der Waals surface area contributed by atoms with Crippen LogP contribution in [0.15, 0.2) is 30.3 Å². The van der Waals surface area contributed by atoms with Crippen LogP contribution in [0.2, 0.25) is 0 Å². The Hall–Kier alpha value is 0.432. The van der Waals surface area contributed by atoms with Gasteiger partial charge in [0.15, 0.2) is 0 Å². The Labute approximate surface area is 75.9 Å². The van der Waals surface area contributed by atoms with Gasteiger partial charge in [-0.15, -0.1) is 12.4 Å². The van der Waals surface area contributed by atoms with Crippen LogP contribution in [-0.2, 0) is 27.3 Å². The minimum Gasteiger partial charge on any atom is -0.184 e. The van der Waals surface area contributed by atoms with E-state index in [9.17, 15) is 0 Å². The average Bonchev–Trinajstić information content (AvgIpc) is 1.72. The van der Waals surface area contributed by atoms with E-state index in [4.69, 9.17) is 0 Å². The Bertz CT molecular complexity index is 80.5. The van der Waals surface area contributed by atoms with Gasteiger partial charge in [-0.1, -0.05) is 0 Å². The van der Waals surface area contributed by atoms with E-state index in [-0.39, 0.29) is 39.7 Å². The van der Waals surface area contributed by atoms with Crippen LogP contribution in [0.4, 0.5) is 0 Å². The van der Waals surface area contributed by atoms with Crippen LogP contribution >= 0.6 is 12.4 Å². The Morgan fingerprint density at radius 1 is 0.875 bits per heavy atom. The van der Waals surface area contributed by atoms with Crippen LogP contribution in [0.1, 0.15) is 0 Å². The molecule has 0 saturated carbocycles. The van der Waals surface area contributed by atoms with E-state index in [1.54, 1.807) is 0 Å². The Morgan fingerprint density at radius 2 is 1.38 bits per heavy atom. The first kappa shape index (κ1) is 11.3. The molecule has 0 amide bonds. The van der Waals surface area contributed by atoms with Crippen LogP contribution in [0.5, 0.6) is 0 Å². The van der Waals surface area contributed by atoms with Gasteiger partial charge in [0.25, 0.3) is 0 Å². The zero-order chi connectivity index (χ0) is 4.24. The molecule has 0 saturated heterocycles. The molecule has 0 unspecified atom stereocenters. The molecule has 0 N–H and O–H groups in total. The SMILES string of the molecule is Cl.[Cd].[c-]1ccccc1. The van der Waals surface area contributed by atoms with E-state index in [0.29, 0.717) is 0 Å². The smallest absolute Gasteiger partial charge is 0 e. The maximum atomic E-state index is 2.89.